The predicted octanol–water partition coefficient (Wildman–Crippen LogP) is 2.19. The standard InChI is InChI=1S/C16H14N2O4S/c19-15(17-11-3-4-12-13(6-11)22-9-21-12)10-7-18(8-10)16(20)14-2-1-5-23-14/h1-6,10H,7-9H2,(H,17,19). The second-order valence-corrected chi connectivity index (χ2v) is 6.39. The molecule has 0 spiro atoms. The topological polar surface area (TPSA) is 67.9 Å². The van der Waals surface area contributed by atoms with Crippen LogP contribution >= 0.6 is 11.3 Å². The molecular weight excluding hydrogens is 316 g/mol. The summed E-state index contributed by atoms with van der Waals surface area (Å²) in [6.07, 6.45) is 0. The van der Waals surface area contributed by atoms with Crippen LogP contribution in [0, 0.1) is 5.92 Å². The molecule has 0 aliphatic carbocycles. The van der Waals surface area contributed by atoms with Crippen LogP contribution in [0.5, 0.6) is 11.5 Å². The average molecular weight is 330 g/mol. The highest BCUT2D eigenvalue weighted by molar-refractivity contribution is 7.12. The number of nitrogens with one attached hydrogen (secondary N) is 1. The fourth-order valence-electron chi connectivity index (χ4n) is 2.58. The first-order valence-corrected chi connectivity index (χ1v) is 8.12. The van der Waals surface area contributed by atoms with Crippen molar-refractivity contribution >= 4 is 28.8 Å². The zero-order valence-electron chi connectivity index (χ0n) is 12.2. The van der Waals surface area contributed by atoms with Crippen LogP contribution in [0.15, 0.2) is 35.7 Å². The number of hydrogen-bond donors (Lipinski definition) is 1. The Balaban J connectivity index is 1.34. The van der Waals surface area contributed by atoms with Crippen molar-refractivity contribution in [2.45, 2.75) is 0 Å². The minimum absolute atomic E-state index is 0.00729. The van der Waals surface area contributed by atoms with E-state index in [4.69, 9.17) is 9.47 Å². The number of rotatable bonds is 3. The van der Waals surface area contributed by atoms with Gasteiger partial charge in [0.15, 0.2) is 11.5 Å². The number of likely N-dealkylation sites (tertiary alicyclic amines) is 1. The Morgan fingerprint density at radius 3 is 2.78 bits per heavy atom. The molecule has 2 aliphatic heterocycles. The number of benzene rings is 1. The summed E-state index contributed by atoms with van der Waals surface area (Å²) in [4.78, 5) is 26.7. The van der Waals surface area contributed by atoms with Gasteiger partial charge in [-0.05, 0) is 23.6 Å². The normalized spacial score (nSPS) is 16.1. The third kappa shape index (κ3) is 2.63. The quantitative estimate of drug-likeness (QED) is 0.937. The maximum atomic E-state index is 12.2. The summed E-state index contributed by atoms with van der Waals surface area (Å²) in [6.45, 7) is 1.11. The first-order chi connectivity index (χ1) is 11.2. The minimum atomic E-state index is -0.177. The molecule has 118 valence electrons. The summed E-state index contributed by atoms with van der Waals surface area (Å²) >= 11 is 1.41. The van der Waals surface area contributed by atoms with E-state index in [1.54, 1.807) is 29.2 Å². The molecule has 1 fully saturated rings. The molecule has 1 aromatic heterocycles. The molecule has 6 nitrogen and oxygen atoms in total. The van der Waals surface area contributed by atoms with Gasteiger partial charge in [0.2, 0.25) is 12.7 Å². The van der Waals surface area contributed by atoms with Gasteiger partial charge in [-0.2, -0.15) is 0 Å². The summed E-state index contributed by atoms with van der Waals surface area (Å²) in [5.74, 6) is 1.04. The fourth-order valence-corrected chi connectivity index (χ4v) is 3.28. The van der Waals surface area contributed by atoms with Crippen molar-refractivity contribution < 1.29 is 19.1 Å². The zero-order chi connectivity index (χ0) is 15.8. The van der Waals surface area contributed by atoms with Gasteiger partial charge in [-0.15, -0.1) is 11.3 Å². The van der Waals surface area contributed by atoms with Gasteiger partial charge in [0.25, 0.3) is 5.91 Å². The predicted molar refractivity (Wildman–Crippen MR) is 84.9 cm³/mol. The monoisotopic (exact) mass is 330 g/mol. The Morgan fingerprint density at radius 2 is 2.00 bits per heavy atom. The number of anilines is 1. The van der Waals surface area contributed by atoms with E-state index < -0.39 is 0 Å². The van der Waals surface area contributed by atoms with Crippen LogP contribution in [0.25, 0.3) is 0 Å². The molecular formula is C16H14N2O4S. The third-order valence-electron chi connectivity index (χ3n) is 3.91. The van der Waals surface area contributed by atoms with Crippen molar-refractivity contribution in [2.24, 2.45) is 5.92 Å². The van der Waals surface area contributed by atoms with E-state index in [0.717, 1.165) is 0 Å². The smallest absolute Gasteiger partial charge is 0.263 e. The van der Waals surface area contributed by atoms with E-state index in [2.05, 4.69) is 5.32 Å². The lowest BCUT2D eigenvalue weighted by Crippen LogP contribution is -2.54. The van der Waals surface area contributed by atoms with Gasteiger partial charge < -0.3 is 19.7 Å². The van der Waals surface area contributed by atoms with E-state index in [1.165, 1.54) is 11.3 Å². The molecule has 4 rings (SSSR count). The van der Waals surface area contributed by atoms with E-state index in [0.29, 0.717) is 35.2 Å². The van der Waals surface area contributed by atoms with Gasteiger partial charge in [0.05, 0.1) is 10.8 Å². The van der Waals surface area contributed by atoms with Crippen LogP contribution in [0.1, 0.15) is 9.67 Å². The lowest BCUT2D eigenvalue weighted by atomic mass is 9.98. The molecule has 0 unspecified atom stereocenters. The maximum absolute atomic E-state index is 12.2. The van der Waals surface area contributed by atoms with E-state index >= 15 is 0 Å². The lowest BCUT2D eigenvalue weighted by molar-refractivity contribution is -0.123. The second-order valence-electron chi connectivity index (χ2n) is 5.44. The molecule has 2 amide bonds. The molecule has 1 saturated heterocycles. The Bertz CT molecular complexity index is 753. The van der Waals surface area contributed by atoms with Crippen LogP contribution in [-0.4, -0.2) is 36.6 Å². The van der Waals surface area contributed by atoms with E-state index in [1.807, 2.05) is 11.4 Å². The molecule has 23 heavy (non-hydrogen) atoms. The second kappa shape index (κ2) is 5.58. The number of carbonyl (C=O) groups excluding carboxylic acids is 2. The van der Waals surface area contributed by atoms with E-state index in [9.17, 15) is 9.59 Å². The number of fused-ring (bicyclic) bond motifs is 1. The summed E-state index contributed by atoms with van der Waals surface area (Å²) < 4.78 is 10.5. The Morgan fingerprint density at radius 1 is 1.17 bits per heavy atom. The average Bonchev–Trinajstić information content (AvgIpc) is 3.16. The summed E-state index contributed by atoms with van der Waals surface area (Å²) in [5.41, 5.74) is 0.669. The van der Waals surface area contributed by atoms with Gasteiger partial charge in [-0.25, -0.2) is 0 Å². The van der Waals surface area contributed by atoms with Crippen molar-refractivity contribution in [1.82, 2.24) is 4.90 Å². The van der Waals surface area contributed by atoms with Crippen molar-refractivity contribution in [3.8, 4) is 11.5 Å². The molecule has 0 atom stereocenters. The summed E-state index contributed by atoms with van der Waals surface area (Å²) in [5, 5.41) is 4.73. The number of amides is 2. The van der Waals surface area contributed by atoms with Crippen molar-refractivity contribution in [2.75, 3.05) is 25.2 Å². The molecule has 0 bridgehead atoms. The third-order valence-corrected chi connectivity index (χ3v) is 4.77. The van der Waals surface area contributed by atoms with Gasteiger partial charge >= 0.3 is 0 Å². The molecule has 2 aliphatic rings. The number of thiophene rings is 1. The maximum Gasteiger partial charge on any atom is 0.263 e. The van der Waals surface area contributed by atoms with Crippen LogP contribution in [-0.2, 0) is 4.79 Å². The van der Waals surface area contributed by atoms with Crippen LogP contribution < -0.4 is 14.8 Å². The Hall–Kier alpha value is -2.54. The first-order valence-electron chi connectivity index (χ1n) is 7.24. The molecule has 3 heterocycles. The number of ether oxygens (including phenoxy) is 2. The fraction of sp³-hybridized carbons (Fsp3) is 0.250. The molecule has 1 N–H and O–H groups in total. The Kier molecular flexibility index (Phi) is 3.42. The van der Waals surface area contributed by atoms with Gasteiger partial charge in [0, 0.05) is 24.8 Å². The molecule has 7 heteroatoms. The highest BCUT2D eigenvalue weighted by Crippen LogP contribution is 2.34. The van der Waals surface area contributed by atoms with Crippen LogP contribution in [0.4, 0.5) is 5.69 Å². The zero-order valence-corrected chi connectivity index (χ0v) is 13.0. The van der Waals surface area contributed by atoms with Gasteiger partial charge in [-0.1, -0.05) is 6.07 Å². The largest absolute Gasteiger partial charge is 0.454 e. The summed E-state index contributed by atoms with van der Waals surface area (Å²) in [7, 11) is 0. The first kappa shape index (κ1) is 14.1. The minimum Gasteiger partial charge on any atom is -0.454 e. The highest BCUT2D eigenvalue weighted by Gasteiger charge is 2.36. The molecule has 1 aromatic carbocycles. The van der Waals surface area contributed by atoms with Crippen LogP contribution in [0.2, 0.25) is 0 Å². The van der Waals surface area contributed by atoms with Crippen LogP contribution in [0.3, 0.4) is 0 Å². The molecule has 0 saturated carbocycles. The van der Waals surface area contributed by atoms with Crippen molar-refractivity contribution in [3.05, 3.63) is 40.6 Å². The number of carbonyl (C=O) groups is 2. The summed E-state index contributed by atoms with van der Waals surface area (Å²) in [6, 6.07) is 8.94. The van der Waals surface area contributed by atoms with Crippen molar-refractivity contribution in [1.29, 1.82) is 0 Å². The molecule has 2 aromatic rings. The Labute approximate surface area is 136 Å². The molecule has 0 radical (unpaired) electrons. The number of nitrogens with zero attached hydrogens (tertiary/aromatic N) is 1. The number of hydrogen-bond acceptors (Lipinski definition) is 5. The highest BCUT2D eigenvalue weighted by atomic mass is 32.1. The van der Waals surface area contributed by atoms with Crippen molar-refractivity contribution in [3.63, 3.8) is 0 Å². The lowest BCUT2D eigenvalue weighted by Gasteiger charge is -2.37. The van der Waals surface area contributed by atoms with Gasteiger partial charge in [-0.3, -0.25) is 9.59 Å². The van der Waals surface area contributed by atoms with E-state index in [-0.39, 0.29) is 24.5 Å². The van der Waals surface area contributed by atoms with Gasteiger partial charge in [0.1, 0.15) is 0 Å². The SMILES string of the molecule is O=C(Nc1ccc2c(c1)OCO2)C1CN(C(=O)c2cccs2)C1.